The molecule has 0 aliphatic carbocycles. The fraction of sp³-hybridized carbons (Fsp3) is 0.533. The molecule has 0 radical (unpaired) electrons. The highest BCUT2D eigenvalue weighted by molar-refractivity contribution is 5.79. The second kappa shape index (κ2) is 6.57. The molecule has 4 heteroatoms. The minimum Gasteiger partial charge on any atom is -0.496 e. The molecule has 2 N–H and O–H groups in total. The van der Waals surface area contributed by atoms with Crippen molar-refractivity contribution in [2.45, 2.75) is 25.8 Å². The molecule has 1 heterocycles. The quantitative estimate of drug-likeness (QED) is 0.871. The minimum absolute atomic E-state index is 0.0365. The highest BCUT2D eigenvalue weighted by atomic mass is 16.5. The van der Waals surface area contributed by atoms with E-state index in [0.717, 1.165) is 37.2 Å². The van der Waals surface area contributed by atoms with Crippen molar-refractivity contribution < 1.29 is 9.53 Å². The molecule has 1 fully saturated rings. The number of carbonyl (C=O) groups excluding carboxylic acids is 1. The van der Waals surface area contributed by atoms with Gasteiger partial charge in [-0.3, -0.25) is 4.79 Å². The third-order valence-electron chi connectivity index (χ3n) is 3.63. The van der Waals surface area contributed by atoms with E-state index in [1.807, 2.05) is 31.2 Å². The number of benzene rings is 1. The van der Waals surface area contributed by atoms with Crippen LogP contribution in [-0.2, 0) is 4.79 Å². The Bertz CT molecular complexity index is 428. The molecule has 4 nitrogen and oxygen atoms in total. The van der Waals surface area contributed by atoms with Gasteiger partial charge in [0.1, 0.15) is 5.75 Å². The molecule has 1 aromatic rings. The highest BCUT2D eigenvalue weighted by Crippen LogP contribution is 2.24. The minimum atomic E-state index is -0.0365. The standard InChI is InChI=1S/C15H22N2O2/c1-11(13-7-3-4-8-14(13)19-2)17-15(18)12-6-5-9-16-10-12/h3-4,7-8,11-12,16H,5-6,9-10H2,1-2H3,(H,17,18)/t11-,12?/m0/s1. The van der Waals surface area contributed by atoms with Crippen LogP contribution in [0.1, 0.15) is 31.4 Å². The number of piperidine rings is 1. The lowest BCUT2D eigenvalue weighted by molar-refractivity contribution is -0.126. The van der Waals surface area contributed by atoms with Crippen LogP contribution in [-0.4, -0.2) is 26.1 Å². The number of nitrogens with one attached hydrogen (secondary N) is 2. The van der Waals surface area contributed by atoms with Crippen LogP contribution in [0.4, 0.5) is 0 Å². The van der Waals surface area contributed by atoms with Gasteiger partial charge in [0.05, 0.1) is 19.1 Å². The van der Waals surface area contributed by atoms with E-state index in [1.165, 1.54) is 0 Å². The first-order valence-electron chi connectivity index (χ1n) is 6.86. The molecule has 2 rings (SSSR count). The summed E-state index contributed by atoms with van der Waals surface area (Å²) in [6, 6.07) is 7.76. The van der Waals surface area contributed by atoms with Crippen LogP contribution in [0.25, 0.3) is 0 Å². The van der Waals surface area contributed by atoms with Gasteiger partial charge in [0.15, 0.2) is 0 Å². The van der Waals surface area contributed by atoms with Crippen molar-refractivity contribution in [2.75, 3.05) is 20.2 Å². The SMILES string of the molecule is COc1ccccc1[C@H](C)NC(=O)C1CCCNC1. The Kier molecular flexibility index (Phi) is 4.80. The number of para-hydroxylation sites is 1. The van der Waals surface area contributed by atoms with Crippen LogP contribution in [0.15, 0.2) is 24.3 Å². The summed E-state index contributed by atoms with van der Waals surface area (Å²) in [6.45, 7) is 3.79. The summed E-state index contributed by atoms with van der Waals surface area (Å²) in [6.07, 6.45) is 2.04. The molecular formula is C15H22N2O2. The number of amides is 1. The van der Waals surface area contributed by atoms with Crippen LogP contribution >= 0.6 is 0 Å². The number of rotatable bonds is 4. The van der Waals surface area contributed by atoms with Gasteiger partial charge in [-0.2, -0.15) is 0 Å². The van der Waals surface area contributed by atoms with Crippen LogP contribution in [0.3, 0.4) is 0 Å². The lowest BCUT2D eigenvalue weighted by Crippen LogP contribution is -2.41. The molecule has 2 atom stereocenters. The largest absolute Gasteiger partial charge is 0.496 e. The summed E-state index contributed by atoms with van der Waals surface area (Å²) < 4.78 is 5.33. The average molecular weight is 262 g/mol. The first-order valence-corrected chi connectivity index (χ1v) is 6.86. The topological polar surface area (TPSA) is 50.4 Å². The lowest BCUT2D eigenvalue weighted by atomic mass is 9.98. The van der Waals surface area contributed by atoms with Crippen molar-refractivity contribution >= 4 is 5.91 Å². The Labute approximate surface area is 114 Å². The second-order valence-electron chi connectivity index (χ2n) is 5.02. The molecule has 1 amide bonds. The summed E-state index contributed by atoms with van der Waals surface area (Å²) >= 11 is 0. The van der Waals surface area contributed by atoms with Gasteiger partial charge in [0, 0.05) is 12.1 Å². The maximum Gasteiger partial charge on any atom is 0.224 e. The predicted molar refractivity (Wildman–Crippen MR) is 75.1 cm³/mol. The molecule has 0 spiro atoms. The Morgan fingerprint density at radius 1 is 1.47 bits per heavy atom. The zero-order chi connectivity index (χ0) is 13.7. The lowest BCUT2D eigenvalue weighted by Gasteiger charge is -2.24. The van der Waals surface area contributed by atoms with E-state index in [-0.39, 0.29) is 17.9 Å². The van der Waals surface area contributed by atoms with Crippen molar-refractivity contribution in [1.29, 1.82) is 0 Å². The highest BCUT2D eigenvalue weighted by Gasteiger charge is 2.23. The molecular weight excluding hydrogens is 240 g/mol. The first-order chi connectivity index (χ1) is 9.22. The molecule has 0 bridgehead atoms. The van der Waals surface area contributed by atoms with Gasteiger partial charge in [0.2, 0.25) is 5.91 Å². The number of ether oxygens (including phenoxy) is 1. The van der Waals surface area contributed by atoms with Crippen LogP contribution in [0, 0.1) is 5.92 Å². The van der Waals surface area contributed by atoms with Gasteiger partial charge in [-0.25, -0.2) is 0 Å². The smallest absolute Gasteiger partial charge is 0.224 e. The molecule has 19 heavy (non-hydrogen) atoms. The summed E-state index contributed by atoms with van der Waals surface area (Å²) in [5.41, 5.74) is 1.02. The fourth-order valence-electron chi connectivity index (χ4n) is 2.51. The third-order valence-corrected chi connectivity index (χ3v) is 3.63. The van der Waals surface area contributed by atoms with Gasteiger partial charge in [-0.15, -0.1) is 0 Å². The van der Waals surface area contributed by atoms with E-state index >= 15 is 0 Å². The van der Waals surface area contributed by atoms with E-state index in [9.17, 15) is 4.79 Å². The van der Waals surface area contributed by atoms with Gasteiger partial charge in [-0.1, -0.05) is 18.2 Å². The molecule has 0 saturated carbocycles. The summed E-state index contributed by atoms with van der Waals surface area (Å²) in [5.74, 6) is 1.04. The predicted octanol–water partition coefficient (Wildman–Crippen LogP) is 1.87. The molecule has 1 aliphatic heterocycles. The summed E-state index contributed by atoms with van der Waals surface area (Å²) in [4.78, 5) is 12.2. The Morgan fingerprint density at radius 3 is 2.95 bits per heavy atom. The number of carbonyl (C=O) groups is 1. The normalized spacial score (nSPS) is 20.6. The van der Waals surface area contributed by atoms with E-state index in [2.05, 4.69) is 10.6 Å². The van der Waals surface area contributed by atoms with Crippen LogP contribution in [0.5, 0.6) is 5.75 Å². The molecule has 1 unspecified atom stereocenters. The van der Waals surface area contributed by atoms with Gasteiger partial charge < -0.3 is 15.4 Å². The molecule has 1 aliphatic rings. The van der Waals surface area contributed by atoms with E-state index in [4.69, 9.17) is 4.74 Å². The average Bonchev–Trinajstić information content (AvgIpc) is 2.48. The Hall–Kier alpha value is -1.55. The van der Waals surface area contributed by atoms with Gasteiger partial charge in [-0.05, 0) is 32.4 Å². The fourth-order valence-corrected chi connectivity index (χ4v) is 2.51. The third kappa shape index (κ3) is 3.47. The zero-order valence-corrected chi connectivity index (χ0v) is 11.6. The zero-order valence-electron chi connectivity index (χ0n) is 11.6. The van der Waals surface area contributed by atoms with Crippen LogP contribution < -0.4 is 15.4 Å². The van der Waals surface area contributed by atoms with Crippen molar-refractivity contribution in [1.82, 2.24) is 10.6 Å². The maximum atomic E-state index is 12.2. The monoisotopic (exact) mass is 262 g/mol. The van der Waals surface area contributed by atoms with E-state index in [1.54, 1.807) is 7.11 Å². The Balaban J connectivity index is 1.99. The number of hydrogen-bond acceptors (Lipinski definition) is 3. The molecule has 1 aromatic carbocycles. The van der Waals surface area contributed by atoms with Gasteiger partial charge >= 0.3 is 0 Å². The van der Waals surface area contributed by atoms with Crippen molar-refractivity contribution in [3.8, 4) is 5.75 Å². The maximum absolute atomic E-state index is 12.2. The van der Waals surface area contributed by atoms with Crippen LogP contribution in [0.2, 0.25) is 0 Å². The first kappa shape index (κ1) is 13.9. The number of hydrogen-bond donors (Lipinski definition) is 2. The van der Waals surface area contributed by atoms with Crippen molar-refractivity contribution in [2.24, 2.45) is 5.92 Å². The second-order valence-corrected chi connectivity index (χ2v) is 5.02. The summed E-state index contributed by atoms with van der Waals surface area (Å²) in [7, 11) is 1.65. The molecule has 104 valence electrons. The molecule has 1 saturated heterocycles. The van der Waals surface area contributed by atoms with Crippen molar-refractivity contribution in [3.63, 3.8) is 0 Å². The van der Waals surface area contributed by atoms with E-state index < -0.39 is 0 Å². The van der Waals surface area contributed by atoms with E-state index in [0.29, 0.717) is 0 Å². The van der Waals surface area contributed by atoms with Crippen molar-refractivity contribution in [3.05, 3.63) is 29.8 Å². The molecule has 0 aromatic heterocycles. The Morgan fingerprint density at radius 2 is 2.26 bits per heavy atom. The summed E-state index contributed by atoms with van der Waals surface area (Å²) in [5, 5.41) is 6.35. The number of methoxy groups -OCH3 is 1. The van der Waals surface area contributed by atoms with Gasteiger partial charge in [0.25, 0.3) is 0 Å².